The van der Waals surface area contributed by atoms with Gasteiger partial charge in [-0.15, -0.1) is 0 Å². The second kappa shape index (κ2) is 6.53. The third-order valence-corrected chi connectivity index (χ3v) is 5.13. The summed E-state index contributed by atoms with van der Waals surface area (Å²) in [5.41, 5.74) is 6.41. The number of imidazole rings is 1. The Morgan fingerprint density at radius 3 is 2.64 bits per heavy atom. The van der Waals surface area contributed by atoms with Gasteiger partial charge in [0.05, 0.1) is 17.4 Å². The minimum atomic E-state index is 0.153. The number of hydrogen-bond acceptors (Lipinski definition) is 4. The summed E-state index contributed by atoms with van der Waals surface area (Å²) in [6.07, 6.45) is 4.69. The van der Waals surface area contributed by atoms with Crippen molar-refractivity contribution < 1.29 is 4.79 Å². The van der Waals surface area contributed by atoms with Crippen LogP contribution >= 0.6 is 0 Å². The van der Waals surface area contributed by atoms with E-state index in [-0.39, 0.29) is 5.78 Å². The van der Waals surface area contributed by atoms with Crippen molar-refractivity contribution in [2.45, 2.75) is 19.8 Å². The average Bonchev–Trinajstić information content (AvgIpc) is 2.97. The maximum Gasteiger partial charge on any atom is 0.165 e. The first-order chi connectivity index (χ1) is 13.7. The van der Waals surface area contributed by atoms with Gasteiger partial charge in [-0.1, -0.05) is 24.3 Å². The summed E-state index contributed by atoms with van der Waals surface area (Å²) in [5, 5.41) is 0. The molecule has 1 aliphatic rings. The van der Waals surface area contributed by atoms with Crippen molar-refractivity contribution in [3.63, 3.8) is 0 Å². The second-order valence-electron chi connectivity index (χ2n) is 6.90. The number of nitrogens with zero attached hydrogens (tertiary/aromatic N) is 4. The van der Waals surface area contributed by atoms with Gasteiger partial charge in [-0.3, -0.25) is 19.3 Å². The van der Waals surface area contributed by atoms with Crippen LogP contribution in [0.5, 0.6) is 0 Å². The monoisotopic (exact) mass is 366 g/mol. The number of ketones is 1. The summed E-state index contributed by atoms with van der Waals surface area (Å²) in [7, 11) is 0. The summed E-state index contributed by atoms with van der Waals surface area (Å²) < 4.78 is 2.12. The zero-order valence-electron chi connectivity index (χ0n) is 15.5. The lowest BCUT2D eigenvalue weighted by Gasteiger charge is -2.09. The van der Waals surface area contributed by atoms with E-state index in [0.717, 1.165) is 39.5 Å². The van der Waals surface area contributed by atoms with E-state index in [2.05, 4.69) is 38.8 Å². The van der Waals surface area contributed by atoms with Gasteiger partial charge < -0.3 is 0 Å². The largest absolute Gasteiger partial charge is 0.296 e. The standard InChI is InChI=1S/C23H18N4O/c1-15-25-21-14-24-13-12-22(21)27(15)17-8-6-16(7-9-17)19-10-11-23(28)18-4-2-3-5-20(18)26-19/h2-9,12-14H,10-11H2,1H3. The van der Waals surface area contributed by atoms with Gasteiger partial charge in [0.1, 0.15) is 11.3 Å². The number of carbonyl (C=O) groups excluding carboxylic acids is 1. The number of pyridine rings is 1. The zero-order chi connectivity index (χ0) is 19.1. The van der Waals surface area contributed by atoms with Gasteiger partial charge in [-0.25, -0.2) is 4.98 Å². The molecule has 2 aromatic heterocycles. The van der Waals surface area contributed by atoms with Crippen molar-refractivity contribution in [2.24, 2.45) is 4.99 Å². The lowest BCUT2D eigenvalue weighted by Crippen LogP contribution is -2.03. The minimum absolute atomic E-state index is 0.153. The first-order valence-electron chi connectivity index (χ1n) is 9.30. The van der Waals surface area contributed by atoms with Crippen LogP contribution in [0.3, 0.4) is 0 Å². The summed E-state index contributed by atoms with van der Waals surface area (Å²) in [4.78, 5) is 25.9. The molecular formula is C23H18N4O. The lowest BCUT2D eigenvalue weighted by atomic mass is 10.0. The van der Waals surface area contributed by atoms with Gasteiger partial charge in [-0.2, -0.15) is 0 Å². The van der Waals surface area contributed by atoms with E-state index in [4.69, 9.17) is 4.99 Å². The number of aryl methyl sites for hydroxylation is 1. The molecule has 5 heteroatoms. The number of aliphatic imine (C=N–C) groups is 1. The SMILES string of the molecule is Cc1nc2cnccc2n1-c1ccc(C2=Nc3ccccc3C(=O)CC2)cc1. The van der Waals surface area contributed by atoms with E-state index in [9.17, 15) is 4.79 Å². The topological polar surface area (TPSA) is 60.1 Å². The van der Waals surface area contributed by atoms with E-state index in [1.807, 2.05) is 37.3 Å². The molecule has 0 spiro atoms. The molecule has 0 unspecified atom stereocenters. The van der Waals surface area contributed by atoms with Crippen LogP contribution in [-0.4, -0.2) is 26.0 Å². The van der Waals surface area contributed by atoms with Crippen LogP contribution in [0.2, 0.25) is 0 Å². The van der Waals surface area contributed by atoms with Crippen LogP contribution in [-0.2, 0) is 0 Å². The van der Waals surface area contributed by atoms with Crippen molar-refractivity contribution in [1.29, 1.82) is 0 Å². The molecule has 0 radical (unpaired) electrons. The summed E-state index contributed by atoms with van der Waals surface area (Å²) >= 11 is 0. The average molecular weight is 366 g/mol. The minimum Gasteiger partial charge on any atom is -0.296 e. The van der Waals surface area contributed by atoms with E-state index in [0.29, 0.717) is 18.4 Å². The summed E-state index contributed by atoms with van der Waals surface area (Å²) in [5.74, 6) is 1.07. The molecular weight excluding hydrogens is 348 g/mol. The van der Waals surface area contributed by atoms with Crippen LogP contribution in [0, 0.1) is 6.92 Å². The van der Waals surface area contributed by atoms with Crippen LogP contribution in [0.4, 0.5) is 5.69 Å². The predicted octanol–water partition coefficient (Wildman–Crippen LogP) is 4.83. The first kappa shape index (κ1) is 16.6. The molecule has 1 aliphatic heterocycles. The Morgan fingerprint density at radius 1 is 0.964 bits per heavy atom. The highest BCUT2D eigenvalue weighted by Gasteiger charge is 2.18. The number of benzene rings is 2. The van der Waals surface area contributed by atoms with Crippen molar-refractivity contribution in [3.8, 4) is 5.69 Å². The molecule has 0 amide bonds. The molecule has 0 saturated heterocycles. The van der Waals surface area contributed by atoms with E-state index in [1.54, 1.807) is 12.4 Å². The number of carbonyl (C=O) groups is 1. The molecule has 3 heterocycles. The van der Waals surface area contributed by atoms with Gasteiger partial charge in [0.15, 0.2) is 5.78 Å². The summed E-state index contributed by atoms with van der Waals surface area (Å²) in [6, 6.07) is 17.8. The third-order valence-electron chi connectivity index (χ3n) is 5.13. The first-order valence-corrected chi connectivity index (χ1v) is 9.30. The second-order valence-corrected chi connectivity index (χ2v) is 6.90. The molecule has 2 aromatic carbocycles. The number of aromatic nitrogens is 3. The Labute approximate surface area is 162 Å². The lowest BCUT2D eigenvalue weighted by molar-refractivity contribution is 0.0986. The Bertz CT molecular complexity index is 1240. The predicted molar refractivity (Wildman–Crippen MR) is 110 cm³/mol. The van der Waals surface area contributed by atoms with E-state index >= 15 is 0 Å². The van der Waals surface area contributed by atoms with E-state index < -0.39 is 0 Å². The number of rotatable bonds is 2. The smallest absolute Gasteiger partial charge is 0.165 e. The van der Waals surface area contributed by atoms with Crippen molar-refractivity contribution in [1.82, 2.24) is 14.5 Å². The zero-order valence-corrected chi connectivity index (χ0v) is 15.5. The normalized spacial score (nSPS) is 13.9. The Morgan fingerprint density at radius 2 is 1.79 bits per heavy atom. The fraction of sp³-hybridized carbons (Fsp3) is 0.130. The van der Waals surface area contributed by atoms with Crippen LogP contribution < -0.4 is 0 Å². The molecule has 5 rings (SSSR count). The van der Waals surface area contributed by atoms with Gasteiger partial charge >= 0.3 is 0 Å². The Kier molecular flexibility index (Phi) is 3.86. The maximum absolute atomic E-state index is 12.4. The number of fused-ring (bicyclic) bond motifs is 2. The van der Waals surface area contributed by atoms with Crippen molar-refractivity contribution in [2.75, 3.05) is 0 Å². The molecule has 0 fully saturated rings. The van der Waals surface area contributed by atoms with Crippen LogP contribution in [0.25, 0.3) is 16.7 Å². The van der Waals surface area contributed by atoms with Gasteiger partial charge in [0.2, 0.25) is 0 Å². The third kappa shape index (κ3) is 2.72. The fourth-order valence-corrected chi connectivity index (χ4v) is 3.77. The maximum atomic E-state index is 12.4. The molecule has 0 saturated carbocycles. The molecule has 28 heavy (non-hydrogen) atoms. The highest BCUT2D eigenvalue weighted by atomic mass is 16.1. The number of hydrogen-bond donors (Lipinski definition) is 0. The molecule has 5 nitrogen and oxygen atoms in total. The van der Waals surface area contributed by atoms with Gasteiger partial charge in [0, 0.05) is 29.6 Å². The highest BCUT2D eigenvalue weighted by molar-refractivity contribution is 6.10. The fourth-order valence-electron chi connectivity index (χ4n) is 3.77. The van der Waals surface area contributed by atoms with Crippen molar-refractivity contribution >= 4 is 28.2 Å². The van der Waals surface area contributed by atoms with Crippen LogP contribution in [0.1, 0.15) is 34.6 Å². The van der Waals surface area contributed by atoms with Crippen LogP contribution in [0.15, 0.2) is 72.0 Å². The Balaban J connectivity index is 1.55. The van der Waals surface area contributed by atoms with Crippen molar-refractivity contribution in [3.05, 3.63) is 83.9 Å². The highest BCUT2D eigenvalue weighted by Crippen LogP contribution is 2.27. The molecule has 136 valence electrons. The molecule has 0 N–H and O–H groups in total. The molecule has 0 atom stereocenters. The molecule has 4 aromatic rings. The van der Waals surface area contributed by atoms with E-state index in [1.165, 1.54) is 0 Å². The Hall–Kier alpha value is -3.60. The quantitative estimate of drug-likeness (QED) is 0.511. The number of para-hydroxylation sites is 1. The number of Topliss-reactive ketones (excluding diaryl/α,β-unsaturated/α-hetero) is 1. The molecule has 0 bridgehead atoms. The van der Waals surface area contributed by atoms with Gasteiger partial charge in [0.25, 0.3) is 0 Å². The van der Waals surface area contributed by atoms with Gasteiger partial charge in [-0.05, 0) is 49.2 Å². The molecule has 0 aliphatic carbocycles. The summed E-state index contributed by atoms with van der Waals surface area (Å²) in [6.45, 7) is 1.99.